The number of nitrogens with zero attached hydrogens (tertiary/aromatic N) is 2. The first-order valence-electron chi connectivity index (χ1n) is 4.59. The van der Waals surface area contributed by atoms with Crippen LogP contribution in [0.5, 0.6) is 11.5 Å². The molecule has 0 atom stereocenters. The van der Waals surface area contributed by atoms with E-state index in [1.807, 2.05) is 6.07 Å². The molecule has 1 heterocycles. The van der Waals surface area contributed by atoms with Gasteiger partial charge in [-0.1, -0.05) is 0 Å². The summed E-state index contributed by atoms with van der Waals surface area (Å²) >= 11 is 0. The first-order chi connectivity index (χ1) is 7.70. The Kier molecular flexibility index (Phi) is 2.44. The Morgan fingerprint density at radius 3 is 2.44 bits per heavy atom. The average molecular weight is 212 g/mol. The Morgan fingerprint density at radius 1 is 1.06 bits per heavy atom. The maximum Gasteiger partial charge on any atom is 0.158 e. The molecule has 0 unspecified atom stereocenters. The molecule has 0 aliphatic heterocycles. The molecule has 4 nitrogen and oxygen atoms in total. The van der Waals surface area contributed by atoms with Crippen molar-refractivity contribution in [3.8, 4) is 28.8 Å². The number of phenolic OH excluding ortho intramolecular Hbond substituents is 2. The lowest BCUT2D eigenvalue weighted by molar-refractivity contribution is 0.404. The highest BCUT2D eigenvalue weighted by Gasteiger charge is 2.03. The van der Waals surface area contributed by atoms with Crippen LogP contribution in [-0.4, -0.2) is 15.2 Å². The summed E-state index contributed by atoms with van der Waals surface area (Å²) in [6.45, 7) is 0. The predicted octanol–water partition coefficient (Wildman–Crippen LogP) is 2.03. The van der Waals surface area contributed by atoms with Gasteiger partial charge in [0.1, 0.15) is 6.07 Å². The van der Waals surface area contributed by atoms with Crippen molar-refractivity contribution in [3.63, 3.8) is 0 Å². The van der Waals surface area contributed by atoms with Crippen molar-refractivity contribution in [2.45, 2.75) is 0 Å². The minimum absolute atomic E-state index is 0.169. The molecule has 0 fully saturated rings. The number of hydrogen-bond donors (Lipinski definition) is 2. The SMILES string of the molecule is N#Cc1ccc(-c2ccc(O)c(O)c2)nc1. The van der Waals surface area contributed by atoms with Gasteiger partial charge in [-0.15, -0.1) is 0 Å². The lowest BCUT2D eigenvalue weighted by atomic mass is 10.1. The second kappa shape index (κ2) is 3.91. The summed E-state index contributed by atoms with van der Waals surface area (Å²) in [5.74, 6) is -0.360. The van der Waals surface area contributed by atoms with Gasteiger partial charge < -0.3 is 10.2 Å². The number of hydrogen-bond acceptors (Lipinski definition) is 4. The Labute approximate surface area is 92.1 Å². The third-order valence-corrected chi connectivity index (χ3v) is 2.16. The Bertz CT molecular complexity index is 556. The lowest BCUT2D eigenvalue weighted by Crippen LogP contribution is -1.84. The lowest BCUT2D eigenvalue weighted by Gasteiger charge is -2.02. The molecule has 0 aliphatic rings. The van der Waals surface area contributed by atoms with Crippen molar-refractivity contribution < 1.29 is 10.2 Å². The van der Waals surface area contributed by atoms with Gasteiger partial charge in [0.15, 0.2) is 11.5 Å². The van der Waals surface area contributed by atoms with Crippen LogP contribution in [0, 0.1) is 11.3 Å². The van der Waals surface area contributed by atoms with Gasteiger partial charge >= 0.3 is 0 Å². The quantitative estimate of drug-likeness (QED) is 0.709. The van der Waals surface area contributed by atoms with Crippen molar-refractivity contribution in [2.24, 2.45) is 0 Å². The number of pyridine rings is 1. The topological polar surface area (TPSA) is 77.1 Å². The smallest absolute Gasteiger partial charge is 0.158 e. The van der Waals surface area contributed by atoms with Crippen molar-refractivity contribution in [3.05, 3.63) is 42.1 Å². The Hall–Kier alpha value is -2.54. The molecule has 0 aliphatic carbocycles. The van der Waals surface area contributed by atoms with E-state index in [9.17, 15) is 5.11 Å². The molecule has 2 N–H and O–H groups in total. The summed E-state index contributed by atoms with van der Waals surface area (Å²) in [6.07, 6.45) is 1.46. The summed E-state index contributed by atoms with van der Waals surface area (Å²) in [5, 5.41) is 27.1. The van der Waals surface area contributed by atoms with Crippen LogP contribution in [0.1, 0.15) is 5.56 Å². The minimum atomic E-state index is -0.191. The molecule has 0 saturated carbocycles. The van der Waals surface area contributed by atoms with Crippen LogP contribution >= 0.6 is 0 Å². The fourth-order valence-electron chi connectivity index (χ4n) is 1.31. The Balaban J connectivity index is 2.43. The van der Waals surface area contributed by atoms with Crippen LogP contribution in [0.3, 0.4) is 0 Å². The standard InChI is InChI=1S/C12H8N2O2/c13-6-8-1-3-10(14-7-8)9-2-4-11(15)12(16)5-9/h1-5,7,15-16H. The van der Waals surface area contributed by atoms with Gasteiger partial charge in [-0.05, 0) is 30.3 Å². The highest BCUT2D eigenvalue weighted by atomic mass is 16.3. The molecule has 0 radical (unpaired) electrons. The zero-order valence-corrected chi connectivity index (χ0v) is 8.25. The van der Waals surface area contributed by atoms with Crippen LogP contribution in [0.4, 0.5) is 0 Å². The Morgan fingerprint density at radius 2 is 1.88 bits per heavy atom. The van der Waals surface area contributed by atoms with E-state index in [0.717, 1.165) is 0 Å². The molecule has 1 aromatic heterocycles. The van der Waals surface area contributed by atoms with Crippen molar-refractivity contribution >= 4 is 0 Å². The van der Waals surface area contributed by atoms with Gasteiger partial charge in [0.05, 0.1) is 11.3 Å². The summed E-state index contributed by atoms with van der Waals surface area (Å²) in [4.78, 5) is 4.08. The summed E-state index contributed by atoms with van der Waals surface area (Å²) in [7, 11) is 0. The summed E-state index contributed by atoms with van der Waals surface area (Å²) < 4.78 is 0. The van der Waals surface area contributed by atoms with Gasteiger partial charge in [0.2, 0.25) is 0 Å². The van der Waals surface area contributed by atoms with Crippen LogP contribution in [0.15, 0.2) is 36.5 Å². The molecular weight excluding hydrogens is 204 g/mol. The van der Waals surface area contributed by atoms with Crippen molar-refractivity contribution in [1.29, 1.82) is 5.26 Å². The van der Waals surface area contributed by atoms with E-state index >= 15 is 0 Å². The molecular formula is C12H8N2O2. The fourth-order valence-corrected chi connectivity index (χ4v) is 1.31. The minimum Gasteiger partial charge on any atom is -0.504 e. The molecule has 2 aromatic rings. The van der Waals surface area contributed by atoms with Crippen LogP contribution < -0.4 is 0 Å². The van der Waals surface area contributed by atoms with Crippen LogP contribution in [0.25, 0.3) is 11.3 Å². The number of aromatic hydroxyl groups is 2. The van der Waals surface area contributed by atoms with Gasteiger partial charge in [0, 0.05) is 11.8 Å². The zero-order valence-electron chi connectivity index (χ0n) is 8.25. The van der Waals surface area contributed by atoms with Crippen LogP contribution in [-0.2, 0) is 0 Å². The average Bonchev–Trinajstić information content (AvgIpc) is 2.33. The van der Waals surface area contributed by atoms with Gasteiger partial charge in [-0.25, -0.2) is 0 Å². The highest BCUT2D eigenvalue weighted by Crippen LogP contribution is 2.29. The van der Waals surface area contributed by atoms with Crippen molar-refractivity contribution in [1.82, 2.24) is 4.98 Å². The normalized spacial score (nSPS) is 9.69. The number of rotatable bonds is 1. The largest absolute Gasteiger partial charge is 0.504 e. The number of benzene rings is 1. The third kappa shape index (κ3) is 1.79. The second-order valence-corrected chi connectivity index (χ2v) is 3.25. The predicted molar refractivity (Wildman–Crippen MR) is 57.7 cm³/mol. The number of nitriles is 1. The number of aromatic nitrogens is 1. The van der Waals surface area contributed by atoms with E-state index in [1.165, 1.54) is 18.3 Å². The summed E-state index contributed by atoms with van der Waals surface area (Å²) in [6, 6.07) is 9.76. The molecule has 2 rings (SSSR count). The van der Waals surface area contributed by atoms with Gasteiger partial charge in [-0.3, -0.25) is 4.98 Å². The molecule has 78 valence electrons. The van der Waals surface area contributed by atoms with E-state index in [0.29, 0.717) is 16.8 Å². The number of phenols is 2. The molecule has 16 heavy (non-hydrogen) atoms. The van der Waals surface area contributed by atoms with Crippen molar-refractivity contribution in [2.75, 3.05) is 0 Å². The van der Waals surface area contributed by atoms with E-state index < -0.39 is 0 Å². The van der Waals surface area contributed by atoms with Gasteiger partial charge in [-0.2, -0.15) is 5.26 Å². The monoisotopic (exact) mass is 212 g/mol. The third-order valence-electron chi connectivity index (χ3n) is 2.16. The molecule has 0 saturated heterocycles. The highest BCUT2D eigenvalue weighted by molar-refractivity contribution is 5.63. The molecule has 0 spiro atoms. The maximum absolute atomic E-state index is 9.33. The van der Waals surface area contributed by atoms with E-state index in [4.69, 9.17) is 10.4 Å². The molecule has 1 aromatic carbocycles. The van der Waals surface area contributed by atoms with E-state index in [1.54, 1.807) is 18.2 Å². The second-order valence-electron chi connectivity index (χ2n) is 3.25. The molecule has 0 bridgehead atoms. The zero-order chi connectivity index (χ0) is 11.5. The van der Waals surface area contributed by atoms with Crippen LogP contribution in [0.2, 0.25) is 0 Å². The molecule has 0 amide bonds. The summed E-state index contributed by atoms with van der Waals surface area (Å²) in [5.41, 5.74) is 1.79. The van der Waals surface area contributed by atoms with Gasteiger partial charge in [0.25, 0.3) is 0 Å². The first kappa shape index (κ1) is 9.99. The fraction of sp³-hybridized carbons (Fsp3) is 0. The first-order valence-corrected chi connectivity index (χ1v) is 4.59. The van der Waals surface area contributed by atoms with E-state index in [2.05, 4.69) is 4.98 Å². The van der Waals surface area contributed by atoms with E-state index in [-0.39, 0.29) is 11.5 Å². The molecule has 4 heteroatoms. The maximum atomic E-state index is 9.33.